The number of carbonyl (C=O) groups is 1. The first-order valence-corrected chi connectivity index (χ1v) is 5.13. The minimum Gasteiger partial charge on any atom is -0.493 e. The van der Waals surface area contributed by atoms with Crippen LogP contribution in [0.25, 0.3) is 0 Å². The highest BCUT2D eigenvalue weighted by Gasteiger charge is 2.00. The summed E-state index contributed by atoms with van der Waals surface area (Å²) in [5, 5.41) is 11.2. The predicted octanol–water partition coefficient (Wildman–Crippen LogP) is 1.50. The molecule has 0 aliphatic heterocycles. The third-order valence-electron chi connectivity index (χ3n) is 1.75. The Morgan fingerprint density at radius 1 is 1.50 bits per heavy atom. The number of urea groups is 1. The number of amides is 2. The molecule has 1 atom stereocenters. The Labute approximate surface area is 98.2 Å². The van der Waals surface area contributed by atoms with Gasteiger partial charge < -0.3 is 20.9 Å². The third kappa shape index (κ3) is 4.86. The van der Waals surface area contributed by atoms with Crippen molar-refractivity contribution >= 4 is 23.3 Å². The summed E-state index contributed by atoms with van der Waals surface area (Å²) < 4.78 is 5.29. The maximum atomic E-state index is 10.5. The molecule has 0 saturated heterocycles. The molecule has 2 amide bonds. The van der Waals surface area contributed by atoms with Gasteiger partial charge in [-0.2, -0.15) is 0 Å². The molecule has 1 rings (SSSR count). The average molecular weight is 245 g/mol. The largest absolute Gasteiger partial charge is 0.493 e. The van der Waals surface area contributed by atoms with E-state index < -0.39 is 11.6 Å². The number of carbonyl (C=O) groups excluding carboxylic acids is 1. The Hall–Kier alpha value is -1.46. The molecule has 5 nitrogen and oxygen atoms in total. The van der Waals surface area contributed by atoms with E-state index in [1.165, 1.54) is 0 Å². The van der Waals surface area contributed by atoms with E-state index in [4.69, 9.17) is 27.2 Å². The molecule has 88 valence electrons. The van der Waals surface area contributed by atoms with Crippen molar-refractivity contribution in [3.8, 4) is 5.75 Å². The van der Waals surface area contributed by atoms with Crippen LogP contribution in [0.5, 0.6) is 5.75 Å². The van der Waals surface area contributed by atoms with Gasteiger partial charge in [0.25, 0.3) is 0 Å². The first kappa shape index (κ1) is 12.6. The van der Waals surface area contributed by atoms with E-state index in [1.54, 1.807) is 24.3 Å². The van der Waals surface area contributed by atoms with Gasteiger partial charge in [0, 0.05) is 12.1 Å². The summed E-state index contributed by atoms with van der Waals surface area (Å²) in [6.07, 6.45) is 0.350. The molecular weight excluding hydrogens is 232 g/mol. The summed E-state index contributed by atoms with van der Waals surface area (Å²) in [5.41, 5.74) is 4.65. The Morgan fingerprint density at radius 2 is 2.12 bits per heavy atom. The van der Waals surface area contributed by atoms with Crippen molar-refractivity contribution < 1.29 is 14.6 Å². The zero-order valence-electron chi connectivity index (χ0n) is 8.52. The smallest absolute Gasteiger partial charge is 0.316 e. The second-order valence-electron chi connectivity index (χ2n) is 3.09. The molecule has 0 aliphatic carbocycles. The molecule has 0 spiro atoms. The Balaban J connectivity index is 2.42. The van der Waals surface area contributed by atoms with Gasteiger partial charge in [0.1, 0.15) is 11.3 Å². The Kier molecular flexibility index (Phi) is 4.88. The number of alkyl halides is 1. The van der Waals surface area contributed by atoms with Crippen LogP contribution in [-0.2, 0) is 0 Å². The minimum absolute atomic E-state index is 0.327. The lowest BCUT2D eigenvalue weighted by Crippen LogP contribution is -2.19. The summed E-state index contributed by atoms with van der Waals surface area (Å²) in [6, 6.07) is 6.09. The third-order valence-corrected chi connectivity index (χ3v) is 1.96. The quantitative estimate of drug-likeness (QED) is 0.687. The van der Waals surface area contributed by atoms with Crippen LogP contribution in [0.3, 0.4) is 0 Å². The van der Waals surface area contributed by atoms with E-state index in [0.29, 0.717) is 24.5 Å². The van der Waals surface area contributed by atoms with Crippen molar-refractivity contribution in [2.24, 2.45) is 5.73 Å². The number of hydrogen-bond acceptors (Lipinski definition) is 3. The van der Waals surface area contributed by atoms with Gasteiger partial charge in [-0.3, -0.25) is 0 Å². The van der Waals surface area contributed by atoms with Gasteiger partial charge >= 0.3 is 6.03 Å². The fourth-order valence-corrected chi connectivity index (χ4v) is 1.14. The zero-order valence-corrected chi connectivity index (χ0v) is 9.28. The summed E-state index contributed by atoms with van der Waals surface area (Å²) >= 11 is 5.34. The molecule has 6 heteroatoms. The van der Waals surface area contributed by atoms with Gasteiger partial charge in [0.15, 0.2) is 0 Å². The lowest BCUT2D eigenvalue weighted by atomic mass is 10.3. The minimum atomic E-state index is -0.893. The van der Waals surface area contributed by atoms with Gasteiger partial charge in [0.05, 0.1) is 6.61 Å². The van der Waals surface area contributed by atoms with E-state index in [-0.39, 0.29) is 0 Å². The number of hydrogen-bond donors (Lipinski definition) is 3. The molecule has 0 aliphatic rings. The van der Waals surface area contributed by atoms with Gasteiger partial charge in [-0.25, -0.2) is 4.79 Å². The number of nitrogens with two attached hydrogens (primary N) is 1. The number of nitrogens with one attached hydrogen (secondary N) is 1. The van der Waals surface area contributed by atoms with E-state index in [2.05, 4.69) is 5.32 Å². The normalized spacial score (nSPS) is 11.9. The number of anilines is 1. The average Bonchev–Trinajstić information content (AvgIpc) is 2.19. The highest BCUT2D eigenvalue weighted by Crippen LogP contribution is 2.15. The lowest BCUT2D eigenvalue weighted by molar-refractivity contribution is 0.203. The molecule has 1 aromatic rings. The molecule has 4 N–H and O–H groups in total. The number of rotatable bonds is 5. The molecule has 0 saturated carbocycles. The fraction of sp³-hybridized carbons (Fsp3) is 0.300. The first-order chi connectivity index (χ1) is 7.58. The summed E-state index contributed by atoms with van der Waals surface area (Å²) in [6.45, 7) is 0.327. The van der Waals surface area contributed by atoms with Crippen LogP contribution in [0, 0.1) is 0 Å². The van der Waals surface area contributed by atoms with Crippen LogP contribution in [0.1, 0.15) is 6.42 Å². The predicted molar refractivity (Wildman–Crippen MR) is 61.6 cm³/mol. The number of aliphatic hydroxyl groups is 1. The molecule has 0 fully saturated rings. The van der Waals surface area contributed by atoms with Gasteiger partial charge in [-0.15, -0.1) is 0 Å². The Bertz CT molecular complexity index is 340. The molecule has 0 unspecified atom stereocenters. The van der Waals surface area contributed by atoms with E-state index in [0.717, 1.165) is 0 Å². The fourth-order valence-electron chi connectivity index (χ4n) is 1.05. The van der Waals surface area contributed by atoms with E-state index >= 15 is 0 Å². The van der Waals surface area contributed by atoms with Crippen molar-refractivity contribution in [3.63, 3.8) is 0 Å². The van der Waals surface area contributed by atoms with Crippen molar-refractivity contribution in [2.45, 2.75) is 12.0 Å². The Morgan fingerprint density at radius 3 is 2.62 bits per heavy atom. The standard InChI is InChI=1S/C10H13ClN2O3/c11-9(14)5-6-16-8-3-1-7(2-4-8)13-10(12)15/h1-4,9,14H,5-6H2,(H3,12,13,15)/t9-/m0/s1. The molecule has 0 aromatic heterocycles. The second-order valence-corrected chi connectivity index (χ2v) is 3.59. The van der Waals surface area contributed by atoms with Crippen LogP contribution in [0.15, 0.2) is 24.3 Å². The molecule has 16 heavy (non-hydrogen) atoms. The number of primary amides is 1. The van der Waals surface area contributed by atoms with Gasteiger partial charge in [-0.05, 0) is 24.3 Å². The van der Waals surface area contributed by atoms with Gasteiger partial charge in [0.2, 0.25) is 0 Å². The van der Waals surface area contributed by atoms with Crippen molar-refractivity contribution in [3.05, 3.63) is 24.3 Å². The van der Waals surface area contributed by atoms with Gasteiger partial charge in [-0.1, -0.05) is 11.6 Å². The van der Waals surface area contributed by atoms with Crippen molar-refractivity contribution in [1.29, 1.82) is 0 Å². The van der Waals surface area contributed by atoms with Crippen LogP contribution in [0.2, 0.25) is 0 Å². The lowest BCUT2D eigenvalue weighted by Gasteiger charge is -2.07. The SMILES string of the molecule is NC(=O)Nc1ccc(OCC[C@H](O)Cl)cc1. The summed E-state index contributed by atoms with van der Waals surface area (Å²) in [5.74, 6) is 0.632. The second kappa shape index (κ2) is 6.19. The molecular formula is C10H13ClN2O3. The van der Waals surface area contributed by atoms with E-state index in [1.807, 2.05) is 0 Å². The van der Waals surface area contributed by atoms with Crippen molar-refractivity contribution in [2.75, 3.05) is 11.9 Å². The molecule has 0 heterocycles. The first-order valence-electron chi connectivity index (χ1n) is 4.69. The molecule has 0 radical (unpaired) electrons. The highest BCUT2D eigenvalue weighted by atomic mass is 35.5. The molecule has 1 aromatic carbocycles. The number of ether oxygens (including phenoxy) is 1. The monoisotopic (exact) mass is 244 g/mol. The van der Waals surface area contributed by atoms with E-state index in [9.17, 15) is 4.79 Å². The maximum absolute atomic E-state index is 10.5. The summed E-state index contributed by atoms with van der Waals surface area (Å²) in [4.78, 5) is 10.5. The number of halogens is 1. The van der Waals surface area contributed by atoms with Crippen LogP contribution in [0.4, 0.5) is 10.5 Å². The highest BCUT2D eigenvalue weighted by molar-refractivity contribution is 6.19. The summed E-state index contributed by atoms with van der Waals surface area (Å²) in [7, 11) is 0. The topological polar surface area (TPSA) is 84.6 Å². The van der Waals surface area contributed by atoms with Crippen LogP contribution < -0.4 is 15.8 Å². The van der Waals surface area contributed by atoms with Crippen LogP contribution in [-0.4, -0.2) is 23.3 Å². The van der Waals surface area contributed by atoms with Crippen molar-refractivity contribution in [1.82, 2.24) is 0 Å². The maximum Gasteiger partial charge on any atom is 0.316 e. The number of benzene rings is 1. The number of aliphatic hydroxyl groups excluding tert-OH is 1. The molecule has 0 bridgehead atoms. The van der Waals surface area contributed by atoms with Crippen LogP contribution >= 0.6 is 11.6 Å². The zero-order chi connectivity index (χ0) is 12.0.